The minimum absolute atomic E-state index is 0.739. The summed E-state index contributed by atoms with van der Waals surface area (Å²) in [7, 11) is 0. The molecular formula is C11H15NOS. The molecule has 0 radical (unpaired) electrons. The lowest BCUT2D eigenvalue weighted by Gasteiger charge is -2.21. The van der Waals surface area contributed by atoms with Crippen LogP contribution in [-0.4, -0.2) is 19.7 Å². The molecule has 0 aliphatic carbocycles. The van der Waals surface area contributed by atoms with Crippen molar-refractivity contribution in [3.05, 3.63) is 16.5 Å². The van der Waals surface area contributed by atoms with Crippen molar-refractivity contribution < 1.29 is 4.74 Å². The number of nitrogens with one attached hydrogen (secondary N) is 1. The van der Waals surface area contributed by atoms with Crippen LogP contribution in [0.15, 0.2) is 6.07 Å². The molecule has 3 heteroatoms. The summed E-state index contributed by atoms with van der Waals surface area (Å²) in [6.07, 6.45) is 3.77. The highest BCUT2D eigenvalue weighted by molar-refractivity contribution is 7.14. The zero-order valence-corrected chi connectivity index (χ0v) is 9.03. The molecule has 0 bridgehead atoms. The van der Waals surface area contributed by atoms with Crippen LogP contribution in [-0.2, 0) is 6.42 Å². The average Bonchev–Trinajstić information content (AvgIpc) is 2.78. The van der Waals surface area contributed by atoms with Gasteiger partial charge in [0.15, 0.2) is 5.06 Å². The maximum Gasteiger partial charge on any atom is 0.177 e. The predicted octanol–water partition coefficient (Wildman–Crippen LogP) is 2.15. The fourth-order valence-electron chi connectivity index (χ4n) is 2.28. The highest BCUT2D eigenvalue weighted by Gasteiger charge is 2.22. The number of ether oxygens (including phenoxy) is 1. The summed E-state index contributed by atoms with van der Waals surface area (Å²) >= 11 is 1.87. The molecule has 1 atom stereocenters. The molecule has 1 N–H and O–H groups in total. The highest BCUT2D eigenvalue weighted by Crippen LogP contribution is 2.39. The van der Waals surface area contributed by atoms with E-state index in [2.05, 4.69) is 11.4 Å². The van der Waals surface area contributed by atoms with E-state index in [-0.39, 0.29) is 0 Å². The molecule has 0 spiro atoms. The van der Waals surface area contributed by atoms with Crippen LogP contribution in [0.1, 0.15) is 29.2 Å². The number of rotatable bonds is 1. The Labute approximate surface area is 88.3 Å². The molecular weight excluding hydrogens is 194 g/mol. The normalized spacial score (nSPS) is 25.9. The van der Waals surface area contributed by atoms with Crippen molar-refractivity contribution in [1.29, 1.82) is 0 Å². The van der Waals surface area contributed by atoms with Gasteiger partial charge >= 0.3 is 0 Å². The van der Waals surface area contributed by atoms with Gasteiger partial charge < -0.3 is 10.1 Å². The van der Waals surface area contributed by atoms with Crippen molar-refractivity contribution in [2.45, 2.75) is 25.2 Å². The largest absolute Gasteiger partial charge is 0.483 e. The van der Waals surface area contributed by atoms with E-state index < -0.39 is 0 Å². The van der Waals surface area contributed by atoms with Crippen molar-refractivity contribution >= 4 is 11.3 Å². The van der Waals surface area contributed by atoms with Gasteiger partial charge in [-0.05, 0) is 25.5 Å². The molecule has 2 nitrogen and oxygen atoms in total. The molecule has 76 valence electrons. The number of fused-ring (bicyclic) bond motifs is 1. The van der Waals surface area contributed by atoms with Crippen LogP contribution in [0.4, 0.5) is 0 Å². The molecule has 1 fully saturated rings. The number of hydrogen-bond donors (Lipinski definition) is 1. The fraction of sp³-hybridized carbons (Fsp3) is 0.636. The van der Waals surface area contributed by atoms with E-state index >= 15 is 0 Å². The second-order valence-electron chi connectivity index (χ2n) is 4.10. The van der Waals surface area contributed by atoms with E-state index in [9.17, 15) is 0 Å². The van der Waals surface area contributed by atoms with Gasteiger partial charge in [-0.2, -0.15) is 0 Å². The van der Waals surface area contributed by atoms with Gasteiger partial charge in [0.25, 0.3) is 0 Å². The smallest absolute Gasteiger partial charge is 0.177 e. The number of piperidine rings is 1. The van der Waals surface area contributed by atoms with E-state index in [1.807, 2.05) is 11.3 Å². The topological polar surface area (TPSA) is 21.3 Å². The maximum atomic E-state index is 5.57. The minimum Gasteiger partial charge on any atom is -0.483 e. The van der Waals surface area contributed by atoms with Crippen molar-refractivity contribution in [2.24, 2.45) is 0 Å². The predicted molar refractivity (Wildman–Crippen MR) is 58.4 cm³/mol. The Balaban J connectivity index is 1.82. The van der Waals surface area contributed by atoms with E-state index in [0.29, 0.717) is 0 Å². The number of thiophene rings is 1. The standard InChI is InChI=1S/C11H15NOS/c1-2-9(7-12-4-1)10-6-8-3-5-13-11(8)14-10/h6,9,12H,1-5,7H2. The van der Waals surface area contributed by atoms with Crippen molar-refractivity contribution in [2.75, 3.05) is 19.7 Å². The van der Waals surface area contributed by atoms with Gasteiger partial charge in [0.05, 0.1) is 6.61 Å². The molecule has 1 aromatic heterocycles. The molecule has 0 amide bonds. The summed E-state index contributed by atoms with van der Waals surface area (Å²) in [5, 5.41) is 4.65. The van der Waals surface area contributed by atoms with Crippen LogP contribution < -0.4 is 10.1 Å². The van der Waals surface area contributed by atoms with Crippen LogP contribution in [0.2, 0.25) is 0 Å². The van der Waals surface area contributed by atoms with Crippen LogP contribution >= 0.6 is 11.3 Å². The summed E-state index contributed by atoms with van der Waals surface area (Å²) < 4.78 is 5.57. The van der Waals surface area contributed by atoms with E-state index in [4.69, 9.17) is 4.74 Å². The molecule has 3 heterocycles. The molecule has 14 heavy (non-hydrogen) atoms. The first-order valence-corrected chi connectivity index (χ1v) is 6.21. The summed E-state index contributed by atoms with van der Waals surface area (Å²) in [4.78, 5) is 1.53. The Kier molecular flexibility index (Phi) is 2.22. The highest BCUT2D eigenvalue weighted by atomic mass is 32.1. The van der Waals surface area contributed by atoms with Gasteiger partial charge in [-0.25, -0.2) is 0 Å². The second kappa shape index (κ2) is 3.55. The minimum atomic E-state index is 0.739. The molecule has 3 rings (SSSR count). The molecule has 2 aliphatic rings. The quantitative estimate of drug-likeness (QED) is 0.765. The van der Waals surface area contributed by atoms with Gasteiger partial charge in [-0.1, -0.05) is 0 Å². The van der Waals surface area contributed by atoms with Gasteiger partial charge in [-0.3, -0.25) is 0 Å². The number of hydrogen-bond acceptors (Lipinski definition) is 3. The molecule has 0 aromatic carbocycles. The van der Waals surface area contributed by atoms with Crippen LogP contribution in [0, 0.1) is 0 Å². The lowest BCUT2D eigenvalue weighted by molar-refractivity contribution is 0.365. The summed E-state index contributed by atoms with van der Waals surface area (Å²) in [6.45, 7) is 3.24. The van der Waals surface area contributed by atoms with Gasteiger partial charge in [0.2, 0.25) is 0 Å². The molecule has 1 unspecified atom stereocenters. The Hall–Kier alpha value is -0.540. The Morgan fingerprint density at radius 1 is 1.50 bits per heavy atom. The molecule has 2 aliphatic heterocycles. The first kappa shape index (κ1) is 8.74. The van der Waals surface area contributed by atoms with Crippen LogP contribution in [0.3, 0.4) is 0 Å². The maximum absolute atomic E-state index is 5.57. The third kappa shape index (κ3) is 1.44. The van der Waals surface area contributed by atoms with Crippen molar-refractivity contribution in [3.63, 3.8) is 0 Å². The van der Waals surface area contributed by atoms with Crippen LogP contribution in [0.25, 0.3) is 0 Å². The fourth-order valence-corrected chi connectivity index (χ4v) is 3.50. The third-order valence-corrected chi connectivity index (χ3v) is 4.35. The first-order valence-electron chi connectivity index (χ1n) is 5.39. The average molecular weight is 209 g/mol. The zero-order chi connectivity index (χ0) is 9.38. The summed E-state index contributed by atoms with van der Waals surface area (Å²) in [5.41, 5.74) is 1.44. The van der Waals surface area contributed by atoms with Gasteiger partial charge in [-0.15, -0.1) is 11.3 Å². The van der Waals surface area contributed by atoms with E-state index in [1.54, 1.807) is 0 Å². The van der Waals surface area contributed by atoms with Gasteiger partial charge in [0, 0.05) is 29.3 Å². The zero-order valence-electron chi connectivity index (χ0n) is 8.21. The van der Waals surface area contributed by atoms with E-state index in [0.717, 1.165) is 25.5 Å². The molecule has 1 saturated heterocycles. The van der Waals surface area contributed by atoms with Gasteiger partial charge in [0.1, 0.15) is 0 Å². The summed E-state index contributed by atoms with van der Waals surface area (Å²) in [6, 6.07) is 2.37. The van der Waals surface area contributed by atoms with Crippen molar-refractivity contribution in [3.8, 4) is 5.06 Å². The monoisotopic (exact) mass is 209 g/mol. The molecule has 1 aromatic rings. The molecule has 0 saturated carbocycles. The van der Waals surface area contributed by atoms with E-state index in [1.165, 1.54) is 34.9 Å². The second-order valence-corrected chi connectivity index (χ2v) is 5.15. The Morgan fingerprint density at radius 3 is 3.29 bits per heavy atom. The van der Waals surface area contributed by atoms with Crippen molar-refractivity contribution in [1.82, 2.24) is 5.32 Å². The lowest BCUT2D eigenvalue weighted by atomic mass is 9.97. The summed E-state index contributed by atoms with van der Waals surface area (Å²) in [5.74, 6) is 0.739. The first-order chi connectivity index (χ1) is 6.93. The SMILES string of the molecule is c1c(C2CCCNC2)sc2c1CCO2. The van der Waals surface area contributed by atoms with Crippen LogP contribution in [0.5, 0.6) is 5.06 Å². The Bertz CT molecular complexity index is 307. The third-order valence-electron chi connectivity index (χ3n) is 3.09. The Morgan fingerprint density at radius 2 is 2.50 bits per heavy atom. The lowest BCUT2D eigenvalue weighted by Crippen LogP contribution is -2.27.